The van der Waals surface area contributed by atoms with Crippen LogP contribution in [0.3, 0.4) is 0 Å². The van der Waals surface area contributed by atoms with E-state index in [-0.39, 0.29) is 6.23 Å². The van der Waals surface area contributed by atoms with E-state index in [2.05, 4.69) is 27.0 Å². The van der Waals surface area contributed by atoms with Crippen LogP contribution in [-0.4, -0.2) is 51.3 Å². The zero-order valence-corrected chi connectivity index (χ0v) is 13.1. The molecule has 0 amide bonds. The van der Waals surface area contributed by atoms with Crippen LogP contribution in [-0.2, 0) is 9.57 Å². The maximum atomic E-state index is 5.89. The highest BCUT2D eigenvalue weighted by atomic mass is 16.7. The third kappa shape index (κ3) is 3.31. The van der Waals surface area contributed by atoms with Crippen molar-refractivity contribution in [2.45, 2.75) is 44.1 Å². The highest BCUT2D eigenvalue weighted by Crippen LogP contribution is 2.27. The number of hydrazine groups is 1. The molecule has 7 heteroatoms. The van der Waals surface area contributed by atoms with Crippen molar-refractivity contribution < 1.29 is 9.57 Å². The third-order valence-electron chi connectivity index (χ3n) is 5.69. The molecular weight excluding hydrogens is 282 g/mol. The van der Waals surface area contributed by atoms with Gasteiger partial charge in [-0.3, -0.25) is 21.0 Å². The lowest BCUT2D eigenvalue weighted by atomic mass is 9.87. The molecule has 0 spiro atoms. The van der Waals surface area contributed by atoms with Crippen molar-refractivity contribution in [2.24, 2.45) is 17.8 Å². The van der Waals surface area contributed by atoms with Crippen LogP contribution in [0.4, 0.5) is 0 Å². The predicted molar refractivity (Wildman–Crippen MR) is 82.5 cm³/mol. The van der Waals surface area contributed by atoms with Gasteiger partial charge in [0.25, 0.3) is 0 Å². The van der Waals surface area contributed by atoms with Gasteiger partial charge < -0.3 is 10.1 Å². The van der Waals surface area contributed by atoms with Crippen LogP contribution in [0.1, 0.15) is 25.7 Å². The molecule has 4 rings (SSSR count). The maximum Gasteiger partial charge on any atom is 0.135 e. The Kier molecular flexibility index (Phi) is 4.92. The van der Waals surface area contributed by atoms with Gasteiger partial charge >= 0.3 is 0 Å². The van der Waals surface area contributed by atoms with E-state index in [1.807, 2.05) is 0 Å². The number of hydrogen-bond donors (Lipinski definition) is 5. The average molecular weight is 311 g/mol. The Morgan fingerprint density at radius 1 is 0.955 bits per heavy atom. The summed E-state index contributed by atoms with van der Waals surface area (Å²) >= 11 is 0. The zero-order chi connectivity index (χ0) is 14.8. The first-order valence-corrected chi connectivity index (χ1v) is 8.84. The Labute approximate surface area is 132 Å². The first kappa shape index (κ1) is 15.3. The monoisotopic (exact) mass is 311 g/mol. The minimum atomic E-state index is 0.110. The molecule has 0 aromatic heterocycles. The fraction of sp³-hybridized carbons (Fsp3) is 1.00. The molecule has 0 aromatic carbocycles. The summed E-state index contributed by atoms with van der Waals surface area (Å²) in [5, 5.41) is 7.10. The molecule has 22 heavy (non-hydrogen) atoms. The molecule has 5 N–H and O–H groups in total. The first-order valence-electron chi connectivity index (χ1n) is 8.84. The highest BCUT2D eigenvalue weighted by molar-refractivity contribution is 4.90. The van der Waals surface area contributed by atoms with Gasteiger partial charge in [0.2, 0.25) is 0 Å². The standard InChI is InChI=1S/C15H29N5O2/c1-4-16-5-2-10(1)14-18-15(22-20-14)12-7-13(19-17-8-12)11-3-6-21-9-11/h10-20H,1-9H2. The molecule has 0 saturated carbocycles. The van der Waals surface area contributed by atoms with Crippen LogP contribution in [0, 0.1) is 17.8 Å². The lowest BCUT2D eigenvalue weighted by molar-refractivity contribution is -0.0280. The molecule has 4 aliphatic heterocycles. The van der Waals surface area contributed by atoms with Crippen molar-refractivity contribution in [3.05, 3.63) is 0 Å². The van der Waals surface area contributed by atoms with E-state index >= 15 is 0 Å². The summed E-state index contributed by atoms with van der Waals surface area (Å²) in [4.78, 5) is 5.89. The van der Waals surface area contributed by atoms with Crippen molar-refractivity contribution in [2.75, 3.05) is 32.8 Å². The van der Waals surface area contributed by atoms with Crippen molar-refractivity contribution >= 4 is 0 Å². The molecule has 4 heterocycles. The normalized spacial score (nSPS) is 44.5. The molecule has 5 atom stereocenters. The Balaban J connectivity index is 1.30. The van der Waals surface area contributed by atoms with Gasteiger partial charge in [-0.1, -0.05) is 0 Å². The molecule has 4 saturated heterocycles. The number of rotatable bonds is 3. The Hall–Kier alpha value is -0.280. The van der Waals surface area contributed by atoms with Crippen LogP contribution in [0.2, 0.25) is 0 Å². The van der Waals surface area contributed by atoms with Gasteiger partial charge in [-0.2, -0.15) is 5.48 Å². The van der Waals surface area contributed by atoms with E-state index in [1.54, 1.807) is 0 Å². The van der Waals surface area contributed by atoms with E-state index in [4.69, 9.17) is 9.57 Å². The second-order valence-corrected chi connectivity index (χ2v) is 7.14. The van der Waals surface area contributed by atoms with Crippen molar-refractivity contribution in [1.29, 1.82) is 0 Å². The quantitative estimate of drug-likeness (QED) is 0.471. The summed E-state index contributed by atoms with van der Waals surface area (Å²) < 4.78 is 5.53. The number of ether oxygens (including phenoxy) is 1. The summed E-state index contributed by atoms with van der Waals surface area (Å²) in [5.41, 5.74) is 10.1. The van der Waals surface area contributed by atoms with E-state index in [0.717, 1.165) is 39.3 Å². The predicted octanol–water partition coefficient (Wildman–Crippen LogP) is -0.718. The topological polar surface area (TPSA) is 78.6 Å². The maximum absolute atomic E-state index is 5.89. The largest absolute Gasteiger partial charge is 0.381 e. The Bertz CT molecular complexity index is 360. The van der Waals surface area contributed by atoms with Gasteiger partial charge in [0.15, 0.2) is 0 Å². The van der Waals surface area contributed by atoms with Crippen molar-refractivity contribution in [1.82, 2.24) is 27.0 Å². The minimum Gasteiger partial charge on any atom is -0.381 e. The van der Waals surface area contributed by atoms with E-state index < -0.39 is 0 Å². The van der Waals surface area contributed by atoms with Gasteiger partial charge in [-0.05, 0) is 44.7 Å². The minimum absolute atomic E-state index is 0.110. The lowest BCUT2D eigenvalue weighted by Crippen LogP contribution is -2.57. The van der Waals surface area contributed by atoms with Gasteiger partial charge in [0, 0.05) is 31.0 Å². The fourth-order valence-electron chi connectivity index (χ4n) is 4.23. The number of hydroxylamine groups is 1. The number of piperidine rings is 1. The van der Waals surface area contributed by atoms with E-state index in [1.165, 1.54) is 19.3 Å². The first-order chi connectivity index (χ1) is 10.9. The van der Waals surface area contributed by atoms with E-state index in [9.17, 15) is 0 Å². The molecule has 7 nitrogen and oxygen atoms in total. The smallest absolute Gasteiger partial charge is 0.135 e. The SMILES string of the molecule is C1CC(C2NOC(C3CNNC(C4CCOC4)C3)N2)CCN1. The summed E-state index contributed by atoms with van der Waals surface area (Å²) in [6.45, 7) is 4.98. The Morgan fingerprint density at radius 3 is 2.68 bits per heavy atom. The summed E-state index contributed by atoms with van der Waals surface area (Å²) in [5.74, 6) is 1.79. The van der Waals surface area contributed by atoms with Crippen LogP contribution < -0.4 is 27.0 Å². The fourth-order valence-corrected chi connectivity index (χ4v) is 4.23. The summed E-state index contributed by atoms with van der Waals surface area (Å²) in [6.07, 6.45) is 5.15. The van der Waals surface area contributed by atoms with Gasteiger partial charge in [0.05, 0.1) is 12.8 Å². The van der Waals surface area contributed by atoms with Crippen LogP contribution >= 0.6 is 0 Å². The van der Waals surface area contributed by atoms with Crippen LogP contribution in [0.5, 0.6) is 0 Å². The molecule has 0 radical (unpaired) electrons. The zero-order valence-electron chi connectivity index (χ0n) is 13.1. The summed E-state index contributed by atoms with van der Waals surface area (Å²) in [7, 11) is 0. The number of nitrogens with one attached hydrogen (secondary N) is 5. The second-order valence-electron chi connectivity index (χ2n) is 7.14. The molecule has 4 fully saturated rings. The molecular formula is C15H29N5O2. The van der Waals surface area contributed by atoms with Crippen molar-refractivity contribution in [3.63, 3.8) is 0 Å². The average Bonchev–Trinajstić information content (AvgIpc) is 3.28. The van der Waals surface area contributed by atoms with Crippen molar-refractivity contribution in [3.8, 4) is 0 Å². The highest BCUT2D eigenvalue weighted by Gasteiger charge is 2.39. The molecule has 126 valence electrons. The van der Waals surface area contributed by atoms with Gasteiger partial charge in [-0.15, -0.1) is 0 Å². The van der Waals surface area contributed by atoms with Crippen LogP contribution in [0.15, 0.2) is 0 Å². The summed E-state index contributed by atoms with van der Waals surface area (Å²) in [6, 6.07) is 0.490. The molecule has 0 aromatic rings. The molecule has 0 bridgehead atoms. The van der Waals surface area contributed by atoms with Gasteiger partial charge in [0.1, 0.15) is 6.23 Å². The molecule has 4 aliphatic rings. The molecule has 5 unspecified atom stereocenters. The van der Waals surface area contributed by atoms with E-state index in [0.29, 0.717) is 30.0 Å². The number of hydrogen-bond acceptors (Lipinski definition) is 7. The van der Waals surface area contributed by atoms with Gasteiger partial charge in [-0.25, -0.2) is 0 Å². The Morgan fingerprint density at radius 2 is 1.86 bits per heavy atom. The third-order valence-corrected chi connectivity index (χ3v) is 5.69. The molecule has 0 aliphatic carbocycles. The second kappa shape index (κ2) is 7.09. The van der Waals surface area contributed by atoms with Crippen LogP contribution in [0.25, 0.3) is 0 Å². The lowest BCUT2D eigenvalue weighted by Gasteiger charge is -2.36.